The van der Waals surface area contributed by atoms with Crippen molar-refractivity contribution in [3.8, 4) is 11.1 Å². The molecule has 0 aliphatic heterocycles. The molecule has 190 valence electrons. The number of amides is 1. The molecule has 3 aromatic heterocycles. The number of H-pyrrole nitrogens is 1. The van der Waals surface area contributed by atoms with E-state index in [1.807, 2.05) is 18.3 Å². The number of hydrogen-bond acceptors (Lipinski definition) is 4. The van der Waals surface area contributed by atoms with Gasteiger partial charge in [-0.3, -0.25) is 10.1 Å². The number of pyridine rings is 1. The monoisotopic (exact) mass is 506 g/mol. The van der Waals surface area contributed by atoms with Crippen molar-refractivity contribution in [1.29, 1.82) is 0 Å². The number of aromatic amines is 1. The fraction of sp³-hybridized carbons (Fsp3) is 0.222. The zero-order valence-electron chi connectivity index (χ0n) is 20.4. The number of benzene rings is 2. The molecule has 0 atom stereocenters. The number of nitrogens with zero attached hydrogens (tertiary/aromatic N) is 3. The van der Waals surface area contributed by atoms with Crippen molar-refractivity contribution in [1.82, 2.24) is 24.7 Å². The van der Waals surface area contributed by atoms with E-state index in [-0.39, 0.29) is 17.2 Å². The number of imidazole rings is 2. The van der Waals surface area contributed by atoms with Gasteiger partial charge in [0, 0.05) is 30.0 Å². The van der Waals surface area contributed by atoms with Crippen molar-refractivity contribution < 1.29 is 18.0 Å². The van der Waals surface area contributed by atoms with Crippen molar-refractivity contribution in [2.45, 2.75) is 39.0 Å². The first-order valence-electron chi connectivity index (χ1n) is 11.7. The number of carbonyl (C=O) groups is 1. The third-order valence-electron chi connectivity index (χ3n) is 5.84. The smallest absolute Gasteiger partial charge is 0.324 e. The van der Waals surface area contributed by atoms with Crippen LogP contribution in [0.25, 0.3) is 27.8 Å². The van der Waals surface area contributed by atoms with Gasteiger partial charge in [-0.05, 0) is 62.2 Å². The Morgan fingerprint density at radius 2 is 1.78 bits per heavy atom. The Balaban J connectivity index is 1.37. The maximum absolute atomic E-state index is 13.1. The first kappa shape index (κ1) is 24.5. The number of halogens is 3. The predicted octanol–water partition coefficient (Wildman–Crippen LogP) is 6.04. The molecule has 0 saturated heterocycles. The van der Waals surface area contributed by atoms with Crippen molar-refractivity contribution in [2.24, 2.45) is 0 Å². The second-order valence-electron chi connectivity index (χ2n) is 9.84. The van der Waals surface area contributed by atoms with E-state index in [9.17, 15) is 18.0 Å². The third kappa shape index (κ3) is 5.34. The van der Waals surface area contributed by atoms with Gasteiger partial charge in [0.1, 0.15) is 11.3 Å². The summed E-state index contributed by atoms with van der Waals surface area (Å²) in [6.45, 7) is 6.83. The summed E-state index contributed by atoms with van der Waals surface area (Å²) >= 11 is 0. The lowest BCUT2D eigenvalue weighted by Gasteiger charge is -2.20. The van der Waals surface area contributed by atoms with E-state index in [2.05, 4.69) is 46.4 Å². The summed E-state index contributed by atoms with van der Waals surface area (Å²) in [7, 11) is 0. The summed E-state index contributed by atoms with van der Waals surface area (Å²) < 4.78 is 41.1. The topological polar surface area (TPSA) is 87.1 Å². The Bertz CT molecular complexity index is 1610. The van der Waals surface area contributed by atoms with Gasteiger partial charge in [0.05, 0.1) is 16.6 Å². The molecule has 0 fully saturated rings. The molecule has 2 aromatic carbocycles. The number of nitrogens with one attached hydrogen (secondary N) is 3. The van der Waals surface area contributed by atoms with Crippen LogP contribution in [-0.4, -0.2) is 30.8 Å². The summed E-state index contributed by atoms with van der Waals surface area (Å²) in [5, 5.41) is 6.15. The van der Waals surface area contributed by atoms with Crippen LogP contribution in [-0.2, 0) is 12.7 Å². The Morgan fingerprint density at radius 3 is 2.54 bits per heavy atom. The van der Waals surface area contributed by atoms with Gasteiger partial charge in [0.2, 0.25) is 5.95 Å². The molecule has 5 aromatic rings. The molecule has 0 radical (unpaired) electrons. The number of anilines is 1. The average Bonchev–Trinajstić information content (AvgIpc) is 3.45. The van der Waals surface area contributed by atoms with Gasteiger partial charge in [-0.1, -0.05) is 24.3 Å². The molecule has 3 N–H and O–H groups in total. The molecule has 0 spiro atoms. The van der Waals surface area contributed by atoms with E-state index in [4.69, 9.17) is 0 Å². The van der Waals surface area contributed by atoms with E-state index >= 15 is 0 Å². The van der Waals surface area contributed by atoms with Crippen molar-refractivity contribution in [3.63, 3.8) is 0 Å². The highest BCUT2D eigenvalue weighted by molar-refractivity contribution is 6.03. The van der Waals surface area contributed by atoms with Crippen LogP contribution in [0.15, 0.2) is 67.0 Å². The fourth-order valence-corrected chi connectivity index (χ4v) is 3.97. The molecule has 7 nitrogen and oxygen atoms in total. The Hall–Kier alpha value is -4.18. The summed E-state index contributed by atoms with van der Waals surface area (Å²) in [4.78, 5) is 24.9. The zero-order valence-corrected chi connectivity index (χ0v) is 20.4. The number of rotatable bonds is 5. The first-order chi connectivity index (χ1) is 17.5. The van der Waals surface area contributed by atoms with Crippen LogP contribution in [0.4, 0.5) is 19.1 Å². The highest BCUT2D eigenvalue weighted by Gasteiger charge is 2.30. The number of alkyl halides is 3. The maximum Gasteiger partial charge on any atom is 0.416 e. The minimum absolute atomic E-state index is 0.0675. The molecule has 3 heterocycles. The molecule has 0 aliphatic carbocycles. The van der Waals surface area contributed by atoms with Gasteiger partial charge >= 0.3 is 6.18 Å². The number of carbonyl (C=O) groups excluding carboxylic acids is 1. The molecule has 1 amide bonds. The Labute approximate surface area is 210 Å². The van der Waals surface area contributed by atoms with Crippen LogP contribution in [0.1, 0.15) is 42.4 Å². The highest BCUT2D eigenvalue weighted by atomic mass is 19.4. The van der Waals surface area contributed by atoms with Gasteiger partial charge in [-0.2, -0.15) is 13.2 Å². The quantitative estimate of drug-likeness (QED) is 0.271. The maximum atomic E-state index is 13.1. The van der Waals surface area contributed by atoms with E-state index in [0.29, 0.717) is 34.4 Å². The van der Waals surface area contributed by atoms with Crippen LogP contribution in [0.3, 0.4) is 0 Å². The number of fused-ring (bicyclic) bond motifs is 2. The lowest BCUT2D eigenvalue weighted by molar-refractivity contribution is -0.137. The Kier molecular flexibility index (Phi) is 5.99. The summed E-state index contributed by atoms with van der Waals surface area (Å²) in [6.07, 6.45) is -0.941. The van der Waals surface area contributed by atoms with Crippen molar-refractivity contribution in [3.05, 3.63) is 83.8 Å². The lowest BCUT2D eigenvalue weighted by Crippen LogP contribution is -2.35. The lowest BCUT2D eigenvalue weighted by atomic mass is 10.0. The minimum atomic E-state index is -4.42. The number of hydrogen-bond donors (Lipinski definition) is 3. The molecule has 0 aliphatic rings. The molecule has 0 saturated carbocycles. The van der Waals surface area contributed by atoms with Gasteiger partial charge in [-0.25, -0.2) is 9.97 Å². The summed E-state index contributed by atoms with van der Waals surface area (Å²) in [5.41, 5.74) is 3.26. The largest absolute Gasteiger partial charge is 0.416 e. The van der Waals surface area contributed by atoms with Crippen LogP contribution >= 0.6 is 0 Å². The summed E-state index contributed by atoms with van der Waals surface area (Å²) in [5.74, 6) is -0.219. The molecular weight excluding hydrogens is 481 g/mol. The molecule has 0 bridgehead atoms. The van der Waals surface area contributed by atoms with E-state index in [0.717, 1.165) is 17.7 Å². The van der Waals surface area contributed by atoms with Gasteiger partial charge in [0.25, 0.3) is 5.91 Å². The standard InChI is InChI=1S/C27H25F3N6O/c1-26(2,3)31-14-18-7-5-11-36-15-22(32-23(18)36)24(37)35-25-33-20-10-9-17(13-21(20)34-25)16-6-4-8-19(12-16)27(28,29)30/h4-13,15,31H,14H2,1-3H3,(H2,33,34,35,37). The minimum Gasteiger partial charge on any atom is -0.324 e. The van der Waals surface area contributed by atoms with Crippen molar-refractivity contribution >= 4 is 28.5 Å². The van der Waals surface area contributed by atoms with Crippen LogP contribution in [0, 0.1) is 0 Å². The van der Waals surface area contributed by atoms with E-state index in [1.165, 1.54) is 6.07 Å². The van der Waals surface area contributed by atoms with Gasteiger partial charge in [0.15, 0.2) is 0 Å². The van der Waals surface area contributed by atoms with Crippen LogP contribution in [0.2, 0.25) is 0 Å². The van der Waals surface area contributed by atoms with E-state index < -0.39 is 17.6 Å². The molecule has 0 unspecified atom stereocenters. The summed E-state index contributed by atoms with van der Waals surface area (Å²) in [6, 6.07) is 14.1. The van der Waals surface area contributed by atoms with Gasteiger partial charge in [-0.15, -0.1) is 0 Å². The average molecular weight is 507 g/mol. The molecule has 10 heteroatoms. The van der Waals surface area contributed by atoms with Crippen LogP contribution < -0.4 is 10.6 Å². The molecule has 37 heavy (non-hydrogen) atoms. The SMILES string of the molecule is CC(C)(C)NCc1cccn2cc(C(=O)Nc3nc4ccc(-c5cccc(C(F)(F)F)c5)cc4[nH]3)nc12. The number of aromatic nitrogens is 4. The first-order valence-corrected chi connectivity index (χ1v) is 11.7. The molecular formula is C27H25F3N6O. The normalized spacial score (nSPS) is 12.4. The Morgan fingerprint density at radius 1 is 1.00 bits per heavy atom. The predicted molar refractivity (Wildman–Crippen MR) is 136 cm³/mol. The third-order valence-corrected chi connectivity index (χ3v) is 5.84. The van der Waals surface area contributed by atoms with E-state index in [1.54, 1.807) is 34.9 Å². The highest BCUT2D eigenvalue weighted by Crippen LogP contribution is 2.33. The fourth-order valence-electron chi connectivity index (χ4n) is 3.97. The second kappa shape index (κ2) is 9.04. The van der Waals surface area contributed by atoms with Crippen LogP contribution in [0.5, 0.6) is 0 Å². The van der Waals surface area contributed by atoms with Crippen molar-refractivity contribution in [2.75, 3.05) is 5.32 Å². The second-order valence-corrected chi connectivity index (χ2v) is 9.84. The van der Waals surface area contributed by atoms with Gasteiger partial charge < -0.3 is 14.7 Å². The molecule has 5 rings (SSSR count). The zero-order chi connectivity index (χ0) is 26.4.